The molecule has 1 rings (SSSR count). The van der Waals surface area contributed by atoms with E-state index in [1.165, 1.54) is 0 Å². The third-order valence-electron chi connectivity index (χ3n) is 2.59. The molecular formula is C8H15NO7S2. The van der Waals surface area contributed by atoms with Crippen molar-refractivity contribution in [3.05, 3.63) is 0 Å². The Morgan fingerprint density at radius 3 is 2.28 bits per heavy atom. The molecule has 0 aromatic carbocycles. The number of carboxylic acids is 1. The van der Waals surface area contributed by atoms with Crippen molar-refractivity contribution >= 4 is 25.8 Å². The quantitative estimate of drug-likeness (QED) is 0.594. The van der Waals surface area contributed by atoms with Crippen LogP contribution in [-0.2, 0) is 24.7 Å². The molecule has 8 nitrogen and oxygen atoms in total. The minimum absolute atomic E-state index is 0.187. The van der Waals surface area contributed by atoms with Gasteiger partial charge in [0, 0.05) is 19.2 Å². The number of aliphatic hydroxyl groups excluding tert-OH is 1. The summed E-state index contributed by atoms with van der Waals surface area (Å²) in [5.41, 5.74) is 0. The summed E-state index contributed by atoms with van der Waals surface area (Å²) in [5.74, 6) is -2.61. The zero-order chi connectivity index (χ0) is 14.1. The topological polar surface area (TPSA) is 129 Å². The maximum atomic E-state index is 11.8. The van der Waals surface area contributed by atoms with E-state index in [1.807, 2.05) is 0 Å². The summed E-state index contributed by atoms with van der Waals surface area (Å²) in [4.78, 5) is 10.9. The Bertz CT molecular complexity index is 524. The molecule has 1 saturated heterocycles. The fourth-order valence-electron chi connectivity index (χ4n) is 1.69. The summed E-state index contributed by atoms with van der Waals surface area (Å²) in [5, 5.41) is 18.2. The van der Waals surface area contributed by atoms with Crippen molar-refractivity contribution in [2.24, 2.45) is 0 Å². The van der Waals surface area contributed by atoms with E-state index >= 15 is 0 Å². The minimum Gasteiger partial charge on any atom is -0.480 e. The van der Waals surface area contributed by atoms with Gasteiger partial charge in [0.2, 0.25) is 10.0 Å². The molecule has 106 valence electrons. The first kappa shape index (κ1) is 15.3. The van der Waals surface area contributed by atoms with Crippen molar-refractivity contribution in [3.63, 3.8) is 0 Å². The summed E-state index contributed by atoms with van der Waals surface area (Å²) < 4.78 is 46.2. The fraction of sp³-hybridized carbons (Fsp3) is 0.875. The number of aliphatic hydroxyl groups is 1. The molecule has 2 unspecified atom stereocenters. The van der Waals surface area contributed by atoms with Gasteiger partial charge in [-0.25, -0.2) is 16.8 Å². The molecule has 1 aliphatic rings. The van der Waals surface area contributed by atoms with Crippen LogP contribution in [0.3, 0.4) is 0 Å². The molecule has 2 N–H and O–H groups in total. The Hall–Kier alpha value is -0.710. The predicted molar refractivity (Wildman–Crippen MR) is 62.3 cm³/mol. The van der Waals surface area contributed by atoms with E-state index in [9.17, 15) is 26.7 Å². The molecule has 2 atom stereocenters. The molecule has 10 heteroatoms. The van der Waals surface area contributed by atoms with E-state index in [1.54, 1.807) is 0 Å². The van der Waals surface area contributed by atoms with Crippen molar-refractivity contribution in [1.82, 2.24) is 4.31 Å². The van der Waals surface area contributed by atoms with Gasteiger partial charge in [0.15, 0.2) is 0 Å². The largest absolute Gasteiger partial charge is 0.480 e. The van der Waals surface area contributed by atoms with Gasteiger partial charge in [-0.1, -0.05) is 0 Å². The lowest BCUT2D eigenvalue weighted by molar-refractivity contribution is -0.140. The summed E-state index contributed by atoms with van der Waals surface area (Å²) in [6.07, 6.45) is -0.331. The minimum atomic E-state index is -4.01. The number of rotatable bonds is 5. The van der Waals surface area contributed by atoms with Gasteiger partial charge in [0.1, 0.15) is 15.9 Å². The maximum absolute atomic E-state index is 11.8. The van der Waals surface area contributed by atoms with Gasteiger partial charge in [0.25, 0.3) is 0 Å². The number of hydrogen-bond acceptors (Lipinski definition) is 6. The number of nitrogens with zero attached hydrogens (tertiary/aromatic N) is 1. The van der Waals surface area contributed by atoms with Crippen LogP contribution in [0.2, 0.25) is 0 Å². The lowest BCUT2D eigenvalue weighted by Crippen LogP contribution is -2.42. The second-order valence-corrected chi connectivity index (χ2v) is 8.56. The third kappa shape index (κ3) is 3.90. The van der Waals surface area contributed by atoms with Crippen molar-refractivity contribution in [3.8, 4) is 0 Å². The molecule has 0 amide bonds. The maximum Gasteiger partial charge on any atom is 0.322 e. The first-order valence-corrected chi connectivity index (χ1v) is 8.78. The summed E-state index contributed by atoms with van der Waals surface area (Å²) in [6, 6.07) is -1.33. The Kier molecular flexibility index (Phi) is 4.36. The molecule has 0 aromatic heterocycles. The molecule has 1 fully saturated rings. The fourth-order valence-corrected chi connectivity index (χ4v) is 4.94. The average molecular weight is 301 g/mol. The third-order valence-corrected chi connectivity index (χ3v) is 5.63. The monoisotopic (exact) mass is 301 g/mol. The second kappa shape index (κ2) is 5.11. The molecule has 1 aliphatic heterocycles. The Morgan fingerprint density at radius 1 is 1.28 bits per heavy atom. The Labute approximate surface area is 105 Å². The molecule has 0 radical (unpaired) electrons. The highest BCUT2D eigenvalue weighted by Gasteiger charge is 2.42. The summed E-state index contributed by atoms with van der Waals surface area (Å²) in [6.45, 7) is -0.316. The van der Waals surface area contributed by atoms with Crippen LogP contribution in [0.1, 0.15) is 6.42 Å². The number of sulfonamides is 1. The molecule has 1 heterocycles. The number of sulfone groups is 1. The van der Waals surface area contributed by atoms with Crippen LogP contribution in [-0.4, -0.2) is 73.8 Å². The smallest absolute Gasteiger partial charge is 0.322 e. The number of carbonyl (C=O) groups is 1. The number of β-amino-alcohol motifs (C(OH)–C–C–N with tert-alkyl or cyclic N) is 1. The van der Waals surface area contributed by atoms with Gasteiger partial charge in [-0.2, -0.15) is 4.31 Å². The average Bonchev–Trinajstić information content (AvgIpc) is 2.57. The SMILES string of the molecule is CS(=O)(=O)CCS(=O)(=O)N1CC(O)CC1C(=O)O. The number of aliphatic carboxylic acids is 1. The highest BCUT2D eigenvalue weighted by Crippen LogP contribution is 2.22. The van der Waals surface area contributed by atoms with E-state index in [0.717, 1.165) is 6.26 Å². The molecule has 0 aliphatic carbocycles. The molecule has 0 saturated carbocycles. The first-order valence-electron chi connectivity index (χ1n) is 5.11. The van der Waals surface area contributed by atoms with Gasteiger partial charge < -0.3 is 10.2 Å². The molecule has 0 spiro atoms. The molecule has 0 aromatic rings. The van der Waals surface area contributed by atoms with E-state index in [-0.39, 0.29) is 13.0 Å². The van der Waals surface area contributed by atoms with Gasteiger partial charge in [0.05, 0.1) is 17.6 Å². The highest BCUT2D eigenvalue weighted by molar-refractivity contribution is 7.93. The molecule has 0 bridgehead atoms. The van der Waals surface area contributed by atoms with E-state index in [0.29, 0.717) is 4.31 Å². The lowest BCUT2D eigenvalue weighted by atomic mass is 10.2. The zero-order valence-corrected chi connectivity index (χ0v) is 11.3. The zero-order valence-electron chi connectivity index (χ0n) is 9.68. The van der Waals surface area contributed by atoms with E-state index in [2.05, 4.69) is 0 Å². The van der Waals surface area contributed by atoms with Crippen LogP contribution in [0, 0.1) is 0 Å². The van der Waals surface area contributed by atoms with Crippen molar-refractivity contribution < 1.29 is 31.8 Å². The van der Waals surface area contributed by atoms with Gasteiger partial charge in [-0.05, 0) is 0 Å². The van der Waals surface area contributed by atoms with Gasteiger partial charge >= 0.3 is 5.97 Å². The molecule has 18 heavy (non-hydrogen) atoms. The van der Waals surface area contributed by atoms with Crippen LogP contribution >= 0.6 is 0 Å². The first-order chi connectivity index (χ1) is 8.03. The predicted octanol–water partition coefficient (Wildman–Crippen LogP) is -2.12. The van der Waals surface area contributed by atoms with Crippen LogP contribution in [0.25, 0.3) is 0 Å². The Morgan fingerprint density at radius 2 is 1.83 bits per heavy atom. The van der Waals surface area contributed by atoms with Crippen molar-refractivity contribution in [2.45, 2.75) is 18.6 Å². The normalized spacial score (nSPS) is 26.3. The van der Waals surface area contributed by atoms with Crippen LogP contribution < -0.4 is 0 Å². The lowest BCUT2D eigenvalue weighted by Gasteiger charge is -2.20. The number of carboxylic acid groups (broad SMARTS) is 1. The van der Waals surface area contributed by atoms with Gasteiger partial charge in [-0.3, -0.25) is 4.79 Å². The summed E-state index contributed by atoms with van der Waals surface area (Å²) >= 11 is 0. The van der Waals surface area contributed by atoms with Crippen molar-refractivity contribution in [2.75, 3.05) is 24.3 Å². The highest BCUT2D eigenvalue weighted by atomic mass is 32.2. The van der Waals surface area contributed by atoms with Crippen LogP contribution in [0.4, 0.5) is 0 Å². The standard InChI is InChI=1S/C8H15NO7S2/c1-17(13,14)2-3-18(15,16)9-5-6(10)4-7(9)8(11)12/h6-7,10H,2-5H2,1H3,(H,11,12). The van der Waals surface area contributed by atoms with Gasteiger partial charge in [-0.15, -0.1) is 0 Å². The second-order valence-electron chi connectivity index (χ2n) is 4.26. The van der Waals surface area contributed by atoms with Crippen molar-refractivity contribution in [1.29, 1.82) is 0 Å². The Balaban J connectivity index is 2.87. The molecular weight excluding hydrogens is 286 g/mol. The van der Waals surface area contributed by atoms with Crippen LogP contribution in [0.5, 0.6) is 0 Å². The summed E-state index contributed by atoms with van der Waals surface area (Å²) in [7, 11) is -7.46. The van der Waals surface area contributed by atoms with E-state index in [4.69, 9.17) is 5.11 Å². The van der Waals surface area contributed by atoms with E-state index < -0.39 is 49.5 Å². The van der Waals surface area contributed by atoms with Crippen LogP contribution in [0.15, 0.2) is 0 Å². The number of hydrogen-bond donors (Lipinski definition) is 2.